The molecule has 24 heavy (non-hydrogen) atoms. The van der Waals surface area contributed by atoms with Gasteiger partial charge in [0.25, 0.3) is 0 Å². The highest BCUT2D eigenvalue weighted by Crippen LogP contribution is 2.32. The van der Waals surface area contributed by atoms with Gasteiger partial charge in [-0.2, -0.15) is 5.10 Å². The third-order valence-electron chi connectivity index (χ3n) is 4.97. The van der Waals surface area contributed by atoms with Gasteiger partial charge >= 0.3 is 0 Å². The molecule has 1 fully saturated rings. The lowest BCUT2D eigenvalue weighted by Crippen LogP contribution is -2.40. The summed E-state index contributed by atoms with van der Waals surface area (Å²) in [5, 5.41) is 6.87. The second-order valence-electron chi connectivity index (χ2n) is 6.33. The van der Waals surface area contributed by atoms with Crippen LogP contribution >= 0.6 is 0 Å². The molecule has 1 amide bonds. The van der Waals surface area contributed by atoms with Crippen molar-refractivity contribution >= 4 is 11.6 Å². The maximum Gasteiger partial charge on any atom is 0.241 e. The van der Waals surface area contributed by atoms with Crippen molar-refractivity contribution in [3.8, 4) is 0 Å². The standard InChI is InChI=1S/C17H21N5O2/c1-24-13-8-15(17-18-11-19-20-17)21(9-13)10-16(23)22-7-6-12-4-2-3-5-14(12)22/h2-5,11,13,15H,6-10H2,1H3,(H,18,19,20)/t13-,15+/m1/s1. The van der Waals surface area contributed by atoms with Gasteiger partial charge in [-0.05, 0) is 24.5 Å². The maximum atomic E-state index is 12.9. The fourth-order valence-electron chi connectivity index (χ4n) is 3.72. The summed E-state index contributed by atoms with van der Waals surface area (Å²) in [5.41, 5.74) is 2.29. The topological polar surface area (TPSA) is 74.4 Å². The van der Waals surface area contributed by atoms with E-state index in [1.807, 2.05) is 23.1 Å². The van der Waals surface area contributed by atoms with Crippen molar-refractivity contribution in [2.45, 2.75) is 25.0 Å². The van der Waals surface area contributed by atoms with Crippen molar-refractivity contribution < 1.29 is 9.53 Å². The summed E-state index contributed by atoms with van der Waals surface area (Å²) >= 11 is 0. The number of amides is 1. The number of aromatic nitrogens is 3. The second kappa shape index (κ2) is 6.33. The molecule has 2 aliphatic rings. The molecule has 0 radical (unpaired) electrons. The Labute approximate surface area is 140 Å². The number of aromatic amines is 1. The molecule has 3 heterocycles. The molecule has 7 heteroatoms. The van der Waals surface area contributed by atoms with Gasteiger partial charge in [-0.3, -0.25) is 14.8 Å². The molecule has 2 aromatic rings. The van der Waals surface area contributed by atoms with E-state index in [9.17, 15) is 4.79 Å². The number of fused-ring (bicyclic) bond motifs is 1. The van der Waals surface area contributed by atoms with Gasteiger partial charge < -0.3 is 9.64 Å². The zero-order valence-corrected chi connectivity index (χ0v) is 13.7. The summed E-state index contributed by atoms with van der Waals surface area (Å²) in [6, 6.07) is 8.17. The SMILES string of the molecule is CO[C@@H]1C[C@@H](c2ncn[nH]2)N(CC(=O)N2CCc3ccccc32)C1. The monoisotopic (exact) mass is 327 g/mol. The molecule has 1 N–H and O–H groups in total. The Kier molecular flexibility index (Phi) is 4.03. The number of anilines is 1. The van der Waals surface area contributed by atoms with Crippen LogP contribution in [-0.4, -0.2) is 58.8 Å². The molecule has 7 nitrogen and oxygen atoms in total. The van der Waals surface area contributed by atoms with Gasteiger partial charge in [-0.15, -0.1) is 0 Å². The average molecular weight is 327 g/mol. The number of carbonyl (C=O) groups is 1. The summed E-state index contributed by atoms with van der Waals surface area (Å²) in [6.07, 6.45) is 3.36. The third-order valence-corrected chi connectivity index (χ3v) is 4.97. The summed E-state index contributed by atoms with van der Waals surface area (Å²) in [6.45, 7) is 1.84. The van der Waals surface area contributed by atoms with Crippen LogP contribution in [0.3, 0.4) is 0 Å². The smallest absolute Gasteiger partial charge is 0.241 e. The largest absolute Gasteiger partial charge is 0.380 e. The molecule has 0 bridgehead atoms. The molecule has 2 aliphatic heterocycles. The van der Waals surface area contributed by atoms with Gasteiger partial charge in [0.1, 0.15) is 12.2 Å². The van der Waals surface area contributed by atoms with E-state index in [-0.39, 0.29) is 18.1 Å². The number of likely N-dealkylation sites (tertiary alicyclic amines) is 1. The van der Waals surface area contributed by atoms with Gasteiger partial charge in [0.05, 0.1) is 18.7 Å². The summed E-state index contributed by atoms with van der Waals surface area (Å²) in [7, 11) is 1.71. The number of rotatable bonds is 4. The van der Waals surface area contributed by atoms with E-state index in [2.05, 4.69) is 26.1 Å². The van der Waals surface area contributed by atoms with Crippen LogP contribution in [0, 0.1) is 0 Å². The van der Waals surface area contributed by atoms with Gasteiger partial charge in [-0.1, -0.05) is 18.2 Å². The molecule has 1 saturated heterocycles. The fraction of sp³-hybridized carbons (Fsp3) is 0.471. The molecule has 126 valence electrons. The quantitative estimate of drug-likeness (QED) is 0.912. The summed E-state index contributed by atoms with van der Waals surface area (Å²) in [5.74, 6) is 0.922. The predicted molar refractivity (Wildman–Crippen MR) is 88.6 cm³/mol. The molecular formula is C17H21N5O2. The number of methoxy groups -OCH3 is 1. The Balaban J connectivity index is 1.50. The number of nitrogens with one attached hydrogen (secondary N) is 1. The zero-order chi connectivity index (χ0) is 16.5. The lowest BCUT2D eigenvalue weighted by atomic mass is 10.2. The van der Waals surface area contributed by atoms with Gasteiger partial charge in [0.15, 0.2) is 0 Å². The Hall–Kier alpha value is -2.25. The molecule has 0 unspecified atom stereocenters. The van der Waals surface area contributed by atoms with Crippen LogP contribution in [0.1, 0.15) is 23.9 Å². The molecular weight excluding hydrogens is 306 g/mol. The Morgan fingerprint density at radius 3 is 3.08 bits per heavy atom. The van der Waals surface area contributed by atoms with Crippen LogP contribution in [0.2, 0.25) is 0 Å². The van der Waals surface area contributed by atoms with Crippen molar-refractivity contribution in [3.05, 3.63) is 42.0 Å². The molecule has 1 aromatic carbocycles. The highest BCUT2D eigenvalue weighted by atomic mass is 16.5. The van der Waals surface area contributed by atoms with Crippen LogP contribution in [0.4, 0.5) is 5.69 Å². The summed E-state index contributed by atoms with van der Waals surface area (Å²) in [4.78, 5) is 21.2. The lowest BCUT2D eigenvalue weighted by Gasteiger charge is -2.25. The molecule has 1 aromatic heterocycles. The molecule has 0 saturated carbocycles. The molecule has 0 spiro atoms. The van der Waals surface area contributed by atoms with Crippen molar-refractivity contribution in [3.63, 3.8) is 0 Å². The van der Waals surface area contributed by atoms with Crippen LogP contribution < -0.4 is 4.90 Å². The second-order valence-corrected chi connectivity index (χ2v) is 6.33. The first-order chi connectivity index (χ1) is 11.8. The van der Waals surface area contributed by atoms with Gasteiger partial charge in [0, 0.05) is 25.9 Å². The number of ether oxygens (including phenoxy) is 1. The average Bonchev–Trinajstić information content (AvgIpc) is 3.33. The minimum atomic E-state index is 0.0410. The highest BCUT2D eigenvalue weighted by Gasteiger charge is 2.37. The normalized spacial score (nSPS) is 23.6. The first kappa shape index (κ1) is 15.3. The number of para-hydroxylation sites is 1. The Morgan fingerprint density at radius 1 is 1.42 bits per heavy atom. The van der Waals surface area contributed by atoms with Gasteiger partial charge in [0.2, 0.25) is 5.91 Å². The molecule has 4 rings (SSSR count). The van der Waals surface area contributed by atoms with Crippen molar-refractivity contribution in [1.82, 2.24) is 20.1 Å². The highest BCUT2D eigenvalue weighted by molar-refractivity contribution is 5.96. The fourth-order valence-corrected chi connectivity index (χ4v) is 3.72. The number of hydrogen-bond donors (Lipinski definition) is 1. The van der Waals surface area contributed by atoms with Crippen LogP contribution in [0.15, 0.2) is 30.6 Å². The van der Waals surface area contributed by atoms with Crippen LogP contribution in [0.5, 0.6) is 0 Å². The Morgan fingerprint density at radius 2 is 2.29 bits per heavy atom. The minimum Gasteiger partial charge on any atom is -0.380 e. The number of hydrogen-bond acceptors (Lipinski definition) is 5. The number of benzene rings is 1. The van der Waals surface area contributed by atoms with E-state index in [4.69, 9.17) is 4.74 Å². The first-order valence-electron chi connectivity index (χ1n) is 8.26. The lowest BCUT2D eigenvalue weighted by molar-refractivity contribution is -0.120. The number of nitrogens with zero attached hydrogens (tertiary/aromatic N) is 4. The first-order valence-corrected chi connectivity index (χ1v) is 8.26. The van der Waals surface area contributed by atoms with Crippen molar-refractivity contribution in [2.75, 3.05) is 31.6 Å². The van der Waals surface area contributed by atoms with E-state index >= 15 is 0 Å². The minimum absolute atomic E-state index is 0.0410. The van der Waals surface area contributed by atoms with E-state index in [1.54, 1.807) is 7.11 Å². The van der Waals surface area contributed by atoms with E-state index in [0.29, 0.717) is 6.54 Å². The van der Waals surface area contributed by atoms with Crippen LogP contribution in [0.25, 0.3) is 0 Å². The zero-order valence-electron chi connectivity index (χ0n) is 13.7. The van der Waals surface area contributed by atoms with Crippen molar-refractivity contribution in [2.24, 2.45) is 0 Å². The molecule has 0 aliphatic carbocycles. The number of H-pyrrole nitrogens is 1. The molecule has 2 atom stereocenters. The third kappa shape index (κ3) is 2.70. The van der Waals surface area contributed by atoms with Gasteiger partial charge in [-0.25, -0.2) is 4.98 Å². The number of carbonyl (C=O) groups excluding carboxylic acids is 1. The Bertz CT molecular complexity index is 718. The van der Waals surface area contributed by atoms with E-state index < -0.39 is 0 Å². The van der Waals surface area contributed by atoms with Crippen molar-refractivity contribution in [1.29, 1.82) is 0 Å². The van der Waals surface area contributed by atoms with E-state index in [0.717, 1.165) is 37.4 Å². The predicted octanol–water partition coefficient (Wildman–Crippen LogP) is 1.16. The maximum absolute atomic E-state index is 12.9. The van der Waals surface area contributed by atoms with E-state index in [1.165, 1.54) is 11.9 Å². The summed E-state index contributed by atoms with van der Waals surface area (Å²) < 4.78 is 5.50. The van der Waals surface area contributed by atoms with Crippen LogP contribution in [-0.2, 0) is 16.0 Å².